The number of aryl methyl sites for hydroxylation is 1. The molecule has 0 spiro atoms. The zero-order valence-electron chi connectivity index (χ0n) is 16.0. The SMILES string of the molecule is C[C@H]1[C@@H](NC(=O)[C@@H](C)OC(=O)c2cn(C)c3ccccc23)CCC[C@@H]1C. The normalized spacial score (nSPS) is 24.2. The summed E-state index contributed by atoms with van der Waals surface area (Å²) in [6.07, 6.45) is 4.26. The van der Waals surface area contributed by atoms with E-state index < -0.39 is 12.1 Å². The third-order valence-corrected chi connectivity index (χ3v) is 5.80. The molecule has 1 heterocycles. The fourth-order valence-corrected chi connectivity index (χ4v) is 3.87. The van der Waals surface area contributed by atoms with Crippen LogP contribution in [0.2, 0.25) is 0 Å². The van der Waals surface area contributed by atoms with Crippen molar-refractivity contribution in [2.45, 2.75) is 52.2 Å². The van der Waals surface area contributed by atoms with Gasteiger partial charge in [0.15, 0.2) is 6.10 Å². The summed E-state index contributed by atoms with van der Waals surface area (Å²) in [4.78, 5) is 25.1. The van der Waals surface area contributed by atoms with Gasteiger partial charge in [0.1, 0.15) is 0 Å². The molecule has 5 nitrogen and oxygen atoms in total. The van der Waals surface area contributed by atoms with Crippen LogP contribution in [0, 0.1) is 11.8 Å². The zero-order valence-corrected chi connectivity index (χ0v) is 16.0. The topological polar surface area (TPSA) is 60.3 Å². The number of carbonyl (C=O) groups excluding carboxylic acids is 2. The zero-order chi connectivity index (χ0) is 18.8. The van der Waals surface area contributed by atoms with Crippen LogP contribution in [0.5, 0.6) is 0 Å². The van der Waals surface area contributed by atoms with Crippen molar-refractivity contribution in [2.75, 3.05) is 0 Å². The number of nitrogens with zero attached hydrogens (tertiary/aromatic N) is 1. The number of fused-ring (bicyclic) bond motifs is 1. The number of para-hydroxylation sites is 1. The maximum Gasteiger partial charge on any atom is 0.341 e. The second-order valence-corrected chi connectivity index (χ2v) is 7.60. The third-order valence-electron chi connectivity index (χ3n) is 5.80. The van der Waals surface area contributed by atoms with Gasteiger partial charge in [-0.05, 0) is 31.2 Å². The smallest absolute Gasteiger partial charge is 0.341 e. The van der Waals surface area contributed by atoms with Crippen LogP contribution in [0.3, 0.4) is 0 Å². The van der Waals surface area contributed by atoms with E-state index in [0.717, 1.165) is 23.7 Å². The van der Waals surface area contributed by atoms with Gasteiger partial charge in [-0.15, -0.1) is 0 Å². The van der Waals surface area contributed by atoms with E-state index in [1.54, 1.807) is 13.1 Å². The number of amides is 1. The van der Waals surface area contributed by atoms with Crippen molar-refractivity contribution in [3.8, 4) is 0 Å². The lowest BCUT2D eigenvalue weighted by molar-refractivity contribution is -0.130. The van der Waals surface area contributed by atoms with Gasteiger partial charge in [-0.1, -0.05) is 44.9 Å². The molecule has 1 N–H and O–H groups in total. The largest absolute Gasteiger partial charge is 0.449 e. The molecule has 26 heavy (non-hydrogen) atoms. The number of nitrogens with one attached hydrogen (secondary N) is 1. The average molecular weight is 356 g/mol. The van der Waals surface area contributed by atoms with E-state index in [1.807, 2.05) is 35.9 Å². The van der Waals surface area contributed by atoms with Gasteiger partial charge in [0, 0.05) is 30.2 Å². The maximum atomic E-state index is 12.6. The second kappa shape index (κ2) is 7.52. The summed E-state index contributed by atoms with van der Waals surface area (Å²) in [5.41, 5.74) is 1.45. The summed E-state index contributed by atoms with van der Waals surface area (Å²) in [5, 5.41) is 3.91. The summed E-state index contributed by atoms with van der Waals surface area (Å²) >= 11 is 0. The highest BCUT2D eigenvalue weighted by Crippen LogP contribution is 2.29. The molecule has 5 heteroatoms. The Kier molecular flexibility index (Phi) is 5.35. The van der Waals surface area contributed by atoms with Crippen LogP contribution in [-0.4, -0.2) is 28.6 Å². The molecule has 4 atom stereocenters. The molecule has 1 aromatic heterocycles. The van der Waals surface area contributed by atoms with Crippen LogP contribution in [0.15, 0.2) is 30.5 Å². The van der Waals surface area contributed by atoms with Crippen molar-refractivity contribution in [3.63, 3.8) is 0 Å². The Balaban J connectivity index is 1.66. The van der Waals surface area contributed by atoms with E-state index in [4.69, 9.17) is 4.74 Å². The molecule has 1 aliphatic carbocycles. The lowest BCUT2D eigenvalue weighted by Gasteiger charge is -2.35. The summed E-state index contributed by atoms with van der Waals surface area (Å²) < 4.78 is 7.35. The quantitative estimate of drug-likeness (QED) is 0.851. The van der Waals surface area contributed by atoms with Crippen LogP contribution in [-0.2, 0) is 16.6 Å². The monoisotopic (exact) mass is 356 g/mol. The highest BCUT2D eigenvalue weighted by Gasteiger charge is 2.30. The van der Waals surface area contributed by atoms with Crippen LogP contribution in [0.4, 0.5) is 0 Å². The van der Waals surface area contributed by atoms with Gasteiger partial charge in [-0.2, -0.15) is 0 Å². The molecule has 0 bridgehead atoms. The van der Waals surface area contributed by atoms with Gasteiger partial charge in [0.2, 0.25) is 0 Å². The fourth-order valence-electron chi connectivity index (χ4n) is 3.87. The molecule has 1 aliphatic rings. The fraction of sp³-hybridized carbons (Fsp3) is 0.524. The summed E-state index contributed by atoms with van der Waals surface area (Å²) in [7, 11) is 1.89. The Morgan fingerprint density at radius 3 is 2.73 bits per heavy atom. The van der Waals surface area contributed by atoms with Gasteiger partial charge < -0.3 is 14.6 Å². The van der Waals surface area contributed by atoms with E-state index in [9.17, 15) is 9.59 Å². The highest BCUT2D eigenvalue weighted by atomic mass is 16.5. The molecule has 1 fully saturated rings. The Morgan fingerprint density at radius 2 is 1.96 bits per heavy atom. The number of hydrogen-bond acceptors (Lipinski definition) is 3. The molecule has 0 radical (unpaired) electrons. The second-order valence-electron chi connectivity index (χ2n) is 7.60. The molecule has 1 saturated carbocycles. The third kappa shape index (κ3) is 3.62. The first kappa shape index (κ1) is 18.5. The van der Waals surface area contributed by atoms with Crippen molar-refractivity contribution in [2.24, 2.45) is 18.9 Å². The molecule has 3 rings (SSSR count). The Labute approximate surface area is 154 Å². The average Bonchev–Trinajstić information content (AvgIpc) is 2.96. The summed E-state index contributed by atoms with van der Waals surface area (Å²) in [6, 6.07) is 7.82. The van der Waals surface area contributed by atoms with Gasteiger partial charge in [-0.25, -0.2) is 4.79 Å². The van der Waals surface area contributed by atoms with Crippen LogP contribution < -0.4 is 5.32 Å². The van der Waals surface area contributed by atoms with Crippen LogP contribution >= 0.6 is 0 Å². The van der Waals surface area contributed by atoms with Crippen molar-refractivity contribution >= 4 is 22.8 Å². The van der Waals surface area contributed by atoms with Crippen LogP contribution in [0.1, 0.15) is 50.4 Å². The first-order valence-electron chi connectivity index (χ1n) is 9.44. The number of hydrogen-bond donors (Lipinski definition) is 1. The lowest BCUT2D eigenvalue weighted by Crippen LogP contribution is -2.47. The number of esters is 1. The minimum absolute atomic E-state index is 0.157. The minimum atomic E-state index is -0.814. The molecule has 0 aliphatic heterocycles. The predicted octanol–water partition coefficient (Wildman–Crippen LogP) is 3.66. The first-order valence-corrected chi connectivity index (χ1v) is 9.44. The van der Waals surface area contributed by atoms with E-state index >= 15 is 0 Å². The number of aromatic nitrogens is 1. The molecular weight excluding hydrogens is 328 g/mol. The predicted molar refractivity (Wildman–Crippen MR) is 102 cm³/mol. The molecule has 1 aromatic carbocycles. The first-order chi connectivity index (χ1) is 12.4. The van der Waals surface area contributed by atoms with Crippen LogP contribution in [0.25, 0.3) is 10.9 Å². The Morgan fingerprint density at radius 1 is 1.23 bits per heavy atom. The van der Waals surface area contributed by atoms with E-state index in [1.165, 1.54) is 6.42 Å². The van der Waals surface area contributed by atoms with Gasteiger partial charge in [0.25, 0.3) is 5.91 Å². The minimum Gasteiger partial charge on any atom is -0.449 e. The number of benzene rings is 1. The Bertz CT molecular complexity index is 811. The van der Waals surface area contributed by atoms with E-state index in [-0.39, 0.29) is 11.9 Å². The standard InChI is InChI=1S/C21H28N2O3/c1-13-8-7-10-18(14(13)2)22-20(24)15(3)26-21(25)17-12-23(4)19-11-6-5-9-16(17)19/h5-6,9,11-15,18H,7-8,10H2,1-4H3,(H,22,24)/t13-,14+,15+,18-/m0/s1. The van der Waals surface area contributed by atoms with Crippen molar-refractivity contribution in [3.05, 3.63) is 36.0 Å². The molecular formula is C21H28N2O3. The van der Waals surface area contributed by atoms with E-state index in [2.05, 4.69) is 19.2 Å². The van der Waals surface area contributed by atoms with Crippen molar-refractivity contribution in [1.29, 1.82) is 0 Å². The number of ether oxygens (including phenoxy) is 1. The molecule has 0 saturated heterocycles. The maximum absolute atomic E-state index is 12.6. The molecule has 2 aromatic rings. The molecule has 140 valence electrons. The van der Waals surface area contributed by atoms with Crippen molar-refractivity contribution in [1.82, 2.24) is 9.88 Å². The molecule has 1 amide bonds. The summed E-state index contributed by atoms with van der Waals surface area (Å²) in [5.74, 6) is 0.357. The summed E-state index contributed by atoms with van der Waals surface area (Å²) in [6.45, 7) is 6.05. The van der Waals surface area contributed by atoms with Gasteiger partial charge in [0.05, 0.1) is 5.56 Å². The number of carbonyl (C=O) groups is 2. The van der Waals surface area contributed by atoms with E-state index in [0.29, 0.717) is 17.4 Å². The number of rotatable bonds is 4. The Hall–Kier alpha value is -2.30. The lowest BCUT2D eigenvalue weighted by atomic mass is 9.78. The molecule has 0 unspecified atom stereocenters. The van der Waals surface area contributed by atoms with Gasteiger partial charge in [-0.3, -0.25) is 4.79 Å². The highest BCUT2D eigenvalue weighted by molar-refractivity contribution is 6.05. The van der Waals surface area contributed by atoms with Gasteiger partial charge >= 0.3 is 5.97 Å². The van der Waals surface area contributed by atoms with Crippen molar-refractivity contribution < 1.29 is 14.3 Å².